The van der Waals surface area contributed by atoms with Gasteiger partial charge in [0.2, 0.25) is 12.5 Å². The topological polar surface area (TPSA) is 61.9 Å². The monoisotopic (exact) mass is 383 g/mol. The zero-order valence-corrected chi connectivity index (χ0v) is 16.3. The maximum atomic E-state index is 5.80. The molecule has 7 heteroatoms. The number of benzene rings is 1. The van der Waals surface area contributed by atoms with Crippen LogP contribution in [0.1, 0.15) is 23.5 Å². The van der Waals surface area contributed by atoms with Gasteiger partial charge < -0.3 is 23.2 Å². The molecular formula is C21H25N3O4. The summed E-state index contributed by atoms with van der Waals surface area (Å²) in [5, 5.41) is 0. The Balaban J connectivity index is 1.47. The van der Waals surface area contributed by atoms with Crippen molar-refractivity contribution in [1.82, 2.24) is 14.5 Å². The average Bonchev–Trinajstić information content (AvgIpc) is 3.43. The molecule has 0 spiro atoms. The zero-order valence-electron chi connectivity index (χ0n) is 16.3. The van der Waals surface area contributed by atoms with Crippen molar-refractivity contribution in [2.24, 2.45) is 0 Å². The Morgan fingerprint density at radius 1 is 1.21 bits per heavy atom. The zero-order chi connectivity index (χ0) is 19.3. The number of hydrogen-bond acceptors (Lipinski definition) is 6. The van der Waals surface area contributed by atoms with Gasteiger partial charge in [-0.05, 0) is 43.2 Å². The molecule has 0 aliphatic carbocycles. The number of fused-ring (bicyclic) bond motifs is 1. The van der Waals surface area contributed by atoms with Gasteiger partial charge in [0.1, 0.15) is 11.5 Å². The highest BCUT2D eigenvalue weighted by molar-refractivity contribution is 5.55. The van der Waals surface area contributed by atoms with Crippen molar-refractivity contribution in [3.63, 3.8) is 0 Å². The summed E-state index contributed by atoms with van der Waals surface area (Å²) in [5.74, 6) is 4.02. The van der Waals surface area contributed by atoms with E-state index >= 15 is 0 Å². The van der Waals surface area contributed by atoms with Crippen LogP contribution in [0, 0.1) is 6.92 Å². The maximum absolute atomic E-state index is 5.80. The molecule has 0 amide bonds. The molecule has 0 fully saturated rings. The molecule has 0 radical (unpaired) electrons. The summed E-state index contributed by atoms with van der Waals surface area (Å²) in [6.45, 7) is 5.56. The smallest absolute Gasteiger partial charge is 0.231 e. The molecule has 3 heterocycles. The van der Waals surface area contributed by atoms with Crippen LogP contribution in [-0.2, 0) is 19.6 Å². The van der Waals surface area contributed by atoms with Crippen molar-refractivity contribution in [2.75, 3.05) is 20.4 Å². The van der Waals surface area contributed by atoms with Crippen LogP contribution in [0.2, 0.25) is 0 Å². The first-order valence-corrected chi connectivity index (χ1v) is 9.41. The summed E-state index contributed by atoms with van der Waals surface area (Å²) in [6, 6.07) is 8.09. The normalized spacial score (nSPS) is 12.7. The van der Waals surface area contributed by atoms with Gasteiger partial charge in [0.05, 0.1) is 20.0 Å². The van der Waals surface area contributed by atoms with Crippen LogP contribution in [0.5, 0.6) is 17.2 Å². The van der Waals surface area contributed by atoms with Crippen LogP contribution in [0.3, 0.4) is 0 Å². The van der Waals surface area contributed by atoms with E-state index in [0.717, 1.165) is 55.4 Å². The van der Waals surface area contributed by atoms with Crippen molar-refractivity contribution >= 4 is 0 Å². The van der Waals surface area contributed by atoms with E-state index in [0.29, 0.717) is 11.5 Å². The van der Waals surface area contributed by atoms with Gasteiger partial charge in [0.15, 0.2) is 11.5 Å². The third kappa shape index (κ3) is 4.31. The predicted octanol–water partition coefficient (Wildman–Crippen LogP) is 3.61. The minimum atomic E-state index is 0.232. The quantitative estimate of drug-likeness (QED) is 0.562. The molecule has 3 aromatic rings. The fourth-order valence-electron chi connectivity index (χ4n) is 3.43. The summed E-state index contributed by atoms with van der Waals surface area (Å²) < 4.78 is 24.4. The van der Waals surface area contributed by atoms with E-state index in [1.165, 1.54) is 0 Å². The van der Waals surface area contributed by atoms with Crippen molar-refractivity contribution in [1.29, 1.82) is 0 Å². The molecule has 1 aliphatic heterocycles. The Bertz CT molecular complexity index is 905. The number of imidazole rings is 1. The largest absolute Gasteiger partial charge is 0.493 e. The van der Waals surface area contributed by atoms with Gasteiger partial charge in [-0.25, -0.2) is 4.98 Å². The lowest BCUT2D eigenvalue weighted by molar-refractivity contribution is 0.171. The fourth-order valence-corrected chi connectivity index (χ4v) is 3.43. The van der Waals surface area contributed by atoms with Crippen molar-refractivity contribution in [3.8, 4) is 17.2 Å². The number of aromatic nitrogens is 2. The molecule has 1 aromatic carbocycles. The number of nitrogens with zero attached hydrogens (tertiary/aromatic N) is 3. The van der Waals surface area contributed by atoms with Crippen LogP contribution >= 0.6 is 0 Å². The Morgan fingerprint density at radius 3 is 2.89 bits per heavy atom. The maximum Gasteiger partial charge on any atom is 0.231 e. The van der Waals surface area contributed by atoms with Gasteiger partial charge >= 0.3 is 0 Å². The molecule has 4 rings (SSSR count). The van der Waals surface area contributed by atoms with E-state index in [9.17, 15) is 0 Å². The van der Waals surface area contributed by atoms with E-state index in [4.69, 9.17) is 18.6 Å². The van der Waals surface area contributed by atoms with Gasteiger partial charge in [-0.2, -0.15) is 0 Å². The summed E-state index contributed by atoms with van der Waals surface area (Å²) in [7, 11) is 1.65. The minimum Gasteiger partial charge on any atom is -0.493 e. The molecule has 0 atom stereocenters. The molecule has 1 aliphatic rings. The lowest BCUT2D eigenvalue weighted by atomic mass is 10.1. The summed E-state index contributed by atoms with van der Waals surface area (Å²) in [4.78, 5) is 6.47. The van der Waals surface area contributed by atoms with Crippen LogP contribution in [0.25, 0.3) is 0 Å². The first kappa shape index (κ1) is 18.4. The molecule has 0 N–H and O–H groups in total. The van der Waals surface area contributed by atoms with Crippen molar-refractivity contribution in [3.05, 3.63) is 60.1 Å². The van der Waals surface area contributed by atoms with Gasteiger partial charge in [-0.3, -0.25) is 4.90 Å². The highest BCUT2D eigenvalue weighted by Crippen LogP contribution is 2.42. The number of methoxy groups -OCH3 is 1. The molecule has 148 valence electrons. The van der Waals surface area contributed by atoms with E-state index in [1.807, 2.05) is 49.9 Å². The average molecular weight is 383 g/mol. The fraction of sp³-hybridized carbons (Fsp3) is 0.381. The third-order valence-electron chi connectivity index (χ3n) is 4.75. The van der Waals surface area contributed by atoms with E-state index in [1.54, 1.807) is 7.11 Å². The molecule has 2 aromatic heterocycles. The summed E-state index contributed by atoms with van der Waals surface area (Å²) in [5.41, 5.74) is 1.12. The Labute approximate surface area is 164 Å². The van der Waals surface area contributed by atoms with Crippen molar-refractivity contribution < 1.29 is 18.6 Å². The lowest BCUT2D eigenvalue weighted by Gasteiger charge is -2.22. The molecule has 0 saturated heterocycles. The predicted molar refractivity (Wildman–Crippen MR) is 104 cm³/mol. The van der Waals surface area contributed by atoms with Crippen LogP contribution in [0.4, 0.5) is 0 Å². The first-order valence-electron chi connectivity index (χ1n) is 9.41. The molecule has 0 saturated carbocycles. The second-order valence-corrected chi connectivity index (χ2v) is 6.91. The second kappa shape index (κ2) is 8.39. The van der Waals surface area contributed by atoms with Gasteiger partial charge in [0.25, 0.3) is 0 Å². The van der Waals surface area contributed by atoms with Gasteiger partial charge in [-0.15, -0.1) is 0 Å². The SMILES string of the molecule is COc1cc(CN(CCCn2ccnc2)Cc2ccc(C)o2)cc2c1OCO2. The third-order valence-corrected chi connectivity index (χ3v) is 4.75. The molecule has 7 nitrogen and oxygen atoms in total. The molecular weight excluding hydrogens is 358 g/mol. The van der Waals surface area contributed by atoms with E-state index in [-0.39, 0.29) is 6.79 Å². The standard InChI is InChI=1S/C21H25N3O4/c1-16-4-5-18(28-16)13-24(8-3-7-23-9-6-22-14-23)12-17-10-19(25-2)21-20(11-17)26-15-27-21/h4-6,9-11,14H,3,7-8,12-13,15H2,1-2H3. The Kier molecular flexibility index (Phi) is 5.53. The highest BCUT2D eigenvalue weighted by Gasteiger charge is 2.21. The number of aryl methyl sites for hydroxylation is 2. The Hall–Kier alpha value is -2.93. The van der Waals surface area contributed by atoms with Crippen LogP contribution in [-0.4, -0.2) is 34.9 Å². The van der Waals surface area contributed by atoms with Crippen LogP contribution in [0.15, 0.2) is 47.4 Å². The molecule has 0 unspecified atom stereocenters. The van der Waals surface area contributed by atoms with Gasteiger partial charge in [-0.1, -0.05) is 0 Å². The minimum absolute atomic E-state index is 0.232. The van der Waals surface area contributed by atoms with Crippen LogP contribution < -0.4 is 14.2 Å². The highest BCUT2D eigenvalue weighted by atomic mass is 16.7. The number of rotatable bonds is 9. The lowest BCUT2D eigenvalue weighted by Crippen LogP contribution is -2.24. The molecule has 28 heavy (non-hydrogen) atoms. The number of furan rings is 1. The first-order chi connectivity index (χ1) is 13.7. The summed E-state index contributed by atoms with van der Waals surface area (Å²) >= 11 is 0. The van der Waals surface area contributed by atoms with Crippen molar-refractivity contribution in [2.45, 2.75) is 33.0 Å². The Morgan fingerprint density at radius 2 is 2.14 bits per heavy atom. The van der Waals surface area contributed by atoms with Gasteiger partial charge in [0, 0.05) is 32.0 Å². The number of hydrogen-bond donors (Lipinski definition) is 0. The second-order valence-electron chi connectivity index (χ2n) is 6.91. The molecule has 0 bridgehead atoms. The van der Waals surface area contributed by atoms with E-state index < -0.39 is 0 Å². The van der Waals surface area contributed by atoms with E-state index in [2.05, 4.69) is 14.5 Å². The number of ether oxygens (including phenoxy) is 3. The summed E-state index contributed by atoms with van der Waals surface area (Å²) in [6.07, 6.45) is 6.66.